The maximum Gasteiger partial charge on any atom is 0.333 e. The number of carboxylic acids is 1. The average Bonchev–Trinajstić information content (AvgIpc) is 2.77. The molecule has 0 amide bonds. The number of hydrogen-bond acceptors (Lipinski definition) is 6. The molecule has 0 bridgehead atoms. The standard InChI is InChI=1S/C25H26O7/c1-16(23(29)30)14-20(15-17(2)24(31)32-13-12-26)25(3,18-4-8-21(27)9-5-18)19-6-10-22(28)11-7-19/h4-12,14-15,20,27-28H,13H2,1-3H3,(H,29,30). The van der Waals surface area contributed by atoms with Crippen LogP contribution in [-0.2, 0) is 24.5 Å². The molecule has 2 rings (SSSR count). The molecular weight excluding hydrogens is 412 g/mol. The number of esters is 1. The highest BCUT2D eigenvalue weighted by Crippen LogP contribution is 2.42. The summed E-state index contributed by atoms with van der Waals surface area (Å²) in [6.45, 7) is 4.48. The quantitative estimate of drug-likeness (QED) is 0.310. The van der Waals surface area contributed by atoms with Gasteiger partial charge in [0.1, 0.15) is 18.1 Å². The Hall–Kier alpha value is -3.87. The van der Waals surface area contributed by atoms with Crippen LogP contribution in [-0.4, -0.2) is 40.2 Å². The van der Waals surface area contributed by atoms with Crippen LogP contribution in [0.2, 0.25) is 0 Å². The zero-order chi connectivity index (χ0) is 23.9. The van der Waals surface area contributed by atoms with E-state index in [1.165, 1.54) is 38.1 Å². The third-order valence-corrected chi connectivity index (χ3v) is 5.40. The molecule has 3 N–H and O–H groups in total. The molecule has 1 atom stereocenters. The van der Waals surface area contributed by atoms with E-state index < -0.39 is 23.3 Å². The van der Waals surface area contributed by atoms with Crippen molar-refractivity contribution in [3.63, 3.8) is 0 Å². The highest BCUT2D eigenvalue weighted by atomic mass is 16.5. The van der Waals surface area contributed by atoms with Gasteiger partial charge in [0.2, 0.25) is 0 Å². The molecule has 0 aliphatic heterocycles. The average molecular weight is 438 g/mol. The molecule has 0 aliphatic rings. The Morgan fingerprint density at radius 2 is 1.34 bits per heavy atom. The van der Waals surface area contributed by atoms with Gasteiger partial charge in [0.15, 0.2) is 6.29 Å². The van der Waals surface area contributed by atoms with Crippen molar-refractivity contribution in [2.75, 3.05) is 6.61 Å². The summed E-state index contributed by atoms with van der Waals surface area (Å²) in [5.74, 6) is -2.30. The normalized spacial score (nSPS) is 13.3. The predicted molar refractivity (Wildman–Crippen MR) is 118 cm³/mol. The second kappa shape index (κ2) is 10.4. The SMILES string of the molecule is CC(=CC(C=C(C)C(=O)OCC=O)C(C)(c1ccc(O)cc1)c1ccc(O)cc1)C(=O)O. The first-order valence-corrected chi connectivity index (χ1v) is 9.89. The minimum atomic E-state index is -1.11. The Balaban J connectivity index is 2.76. The zero-order valence-electron chi connectivity index (χ0n) is 18.1. The van der Waals surface area contributed by atoms with E-state index in [9.17, 15) is 29.7 Å². The number of benzene rings is 2. The summed E-state index contributed by atoms with van der Waals surface area (Å²) in [6, 6.07) is 12.9. The largest absolute Gasteiger partial charge is 0.508 e. The Kier molecular flexibility index (Phi) is 7.96. The van der Waals surface area contributed by atoms with Crippen LogP contribution >= 0.6 is 0 Å². The van der Waals surface area contributed by atoms with E-state index in [4.69, 9.17) is 4.74 Å². The van der Waals surface area contributed by atoms with E-state index in [0.29, 0.717) is 6.29 Å². The number of phenolic OH excluding ortho intramolecular Hbond substituents is 2. The smallest absolute Gasteiger partial charge is 0.333 e. The molecule has 168 valence electrons. The first-order chi connectivity index (χ1) is 15.1. The lowest BCUT2D eigenvalue weighted by Crippen LogP contribution is -2.32. The van der Waals surface area contributed by atoms with E-state index in [2.05, 4.69) is 0 Å². The summed E-state index contributed by atoms with van der Waals surface area (Å²) in [6.07, 6.45) is 3.60. The van der Waals surface area contributed by atoms with Gasteiger partial charge < -0.3 is 20.1 Å². The molecule has 2 aromatic rings. The number of carbonyl (C=O) groups is 3. The maximum atomic E-state index is 12.3. The van der Waals surface area contributed by atoms with Crippen molar-refractivity contribution >= 4 is 18.2 Å². The summed E-state index contributed by atoms with van der Waals surface area (Å²) in [7, 11) is 0. The van der Waals surface area contributed by atoms with Gasteiger partial charge >= 0.3 is 11.9 Å². The minimum Gasteiger partial charge on any atom is -0.508 e. The predicted octanol–water partition coefficient (Wildman–Crippen LogP) is 3.74. The minimum absolute atomic E-state index is 0.0692. The van der Waals surface area contributed by atoms with E-state index in [0.717, 1.165) is 11.1 Å². The fourth-order valence-corrected chi connectivity index (χ4v) is 3.45. The molecule has 7 heteroatoms. The van der Waals surface area contributed by atoms with Crippen LogP contribution in [0.4, 0.5) is 0 Å². The molecule has 0 heterocycles. The van der Waals surface area contributed by atoms with Crippen LogP contribution in [0, 0.1) is 5.92 Å². The van der Waals surface area contributed by atoms with Crippen LogP contribution in [0.1, 0.15) is 31.9 Å². The van der Waals surface area contributed by atoms with Crippen LogP contribution in [0.15, 0.2) is 71.8 Å². The van der Waals surface area contributed by atoms with Gasteiger partial charge in [-0.15, -0.1) is 0 Å². The zero-order valence-corrected chi connectivity index (χ0v) is 18.1. The van der Waals surface area contributed by atoms with Gasteiger partial charge in [-0.3, -0.25) is 4.79 Å². The van der Waals surface area contributed by atoms with Crippen molar-refractivity contribution in [2.24, 2.45) is 5.92 Å². The lowest BCUT2D eigenvalue weighted by atomic mass is 9.66. The number of carbonyl (C=O) groups excluding carboxylic acids is 2. The molecule has 0 saturated heterocycles. The lowest BCUT2D eigenvalue weighted by Gasteiger charge is -2.37. The molecule has 1 unspecified atom stereocenters. The van der Waals surface area contributed by atoms with Crippen LogP contribution in [0.3, 0.4) is 0 Å². The fraction of sp³-hybridized carbons (Fsp3) is 0.240. The summed E-state index contributed by atoms with van der Waals surface area (Å²) < 4.78 is 4.88. The molecule has 7 nitrogen and oxygen atoms in total. The third kappa shape index (κ3) is 5.63. The first kappa shape index (κ1) is 24.4. The van der Waals surface area contributed by atoms with Crippen molar-refractivity contribution in [1.82, 2.24) is 0 Å². The molecule has 0 spiro atoms. The Morgan fingerprint density at radius 1 is 0.906 bits per heavy atom. The van der Waals surface area contributed by atoms with E-state index in [1.807, 2.05) is 6.92 Å². The van der Waals surface area contributed by atoms with Crippen molar-refractivity contribution in [1.29, 1.82) is 0 Å². The topological polar surface area (TPSA) is 121 Å². The molecule has 2 aromatic carbocycles. The molecule has 0 aliphatic carbocycles. The van der Waals surface area contributed by atoms with Gasteiger partial charge in [0.25, 0.3) is 0 Å². The second-order valence-electron chi connectivity index (χ2n) is 7.59. The number of carboxylic acid groups (broad SMARTS) is 1. The van der Waals surface area contributed by atoms with Gasteiger partial charge in [-0.1, -0.05) is 43.3 Å². The van der Waals surface area contributed by atoms with Gasteiger partial charge in [0.05, 0.1) is 0 Å². The number of ether oxygens (including phenoxy) is 1. The van der Waals surface area contributed by atoms with Gasteiger partial charge in [-0.05, 0) is 49.2 Å². The van der Waals surface area contributed by atoms with E-state index in [1.54, 1.807) is 36.4 Å². The van der Waals surface area contributed by atoms with Crippen molar-refractivity contribution in [3.8, 4) is 11.5 Å². The molecule has 0 aromatic heterocycles. The number of rotatable bonds is 9. The first-order valence-electron chi connectivity index (χ1n) is 9.89. The van der Waals surface area contributed by atoms with Gasteiger partial charge in [-0.25, -0.2) is 9.59 Å². The summed E-state index contributed by atoms with van der Waals surface area (Å²) in [5, 5.41) is 29.0. The fourth-order valence-electron chi connectivity index (χ4n) is 3.45. The van der Waals surface area contributed by atoms with Crippen molar-refractivity contribution < 1.29 is 34.4 Å². The molecule has 0 saturated carbocycles. The van der Waals surface area contributed by atoms with Crippen molar-refractivity contribution in [3.05, 3.63) is 83.0 Å². The number of allylic oxidation sites excluding steroid dienone is 2. The molecule has 0 radical (unpaired) electrons. The Labute approximate surface area is 186 Å². The van der Waals surface area contributed by atoms with E-state index in [-0.39, 0.29) is 29.3 Å². The van der Waals surface area contributed by atoms with Gasteiger partial charge in [0, 0.05) is 22.5 Å². The number of phenols is 2. The maximum absolute atomic E-state index is 12.3. The van der Waals surface area contributed by atoms with Gasteiger partial charge in [-0.2, -0.15) is 0 Å². The molecule has 32 heavy (non-hydrogen) atoms. The Bertz CT molecular complexity index is 985. The summed E-state index contributed by atoms with van der Waals surface area (Å²) in [5.41, 5.74) is 0.861. The second-order valence-corrected chi connectivity index (χ2v) is 7.59. The van der Waals surface area contributed by atoms with Crippen LogP contribution in [0.5, 0.6) is 11.5 Å². The van der Waals surface area contributed by atoms with Crippen LogP contribution < -0.4 is 0 Å². The lowest BCUT2D eigenvalue weighted by molar-refractivity contribution is -0.141. The highest BCUT2D eigenvalue weighted by molar-refractivity contribution is 5.89. The summed E-state index contributed by atoms with van der Waals surface area (Å²) in [4.78, 5) is 34.4. The Morgan fingerprint density at radius 3 is 1.75 bits per heavy atom. The van der Waals surface area contributed by atoms with E-state index >= 15 is 0 Å². The number of aliphatic carboxylic acids is 1. The summed E-state index contributed by atoms with van der Waals surface area (Å²) >= 11 is 0. The molecule has 0 fully saturated rings. The highest BCUT2D eigenvalue weighted by Gasteiger charge is 2.36. The molecular formula is C25H26O7. The van der Waals surface area contributed by atoms with Crippen molar-refractivity contribution in [2.45, 2.75) is 26.2 Å². The monoisotopic (exact) mass is 438 g/mol. The number of aromatic hydroxyl groups is 2. The third-order valence-electron chi connectivity index (χ3n) is 5.40. The number of aldehydes is 1. The number of hydrogen-bond donors (Lipinski definition) is 3. The van der Waals surface area contributed by atoms with Crippen LogP contribution in [0.25, 0.3) is 0 Å².